The lowest BCUT2D eigenvalue weighted by Gasteiger charge is -2.05. The first-order valence-electron chi connectivity index (χ1n) is 4.89. The molecule has 2 aromatic rings. The molecule has 1 aromatic heterocycles. The summed E-state index contributed by atoms with van der Waals surface area (Å²) in [7, 11) is 0. The topological polar surface area (TPSA) is 56.0 Å². The van der Waals surface area contributed by atoms with Gasteiger partial charge in [-0.15, -0.1) is 0 Å². The SMILES string of the molecule is Nc1ncc(Cl)cc1C(=O)c1cc(F)cc(Br)c1. The predicted octanol–water partition coefficient (Wildman–Crippen LogP) is 3.45. The van der Waals surface area contributed by atoms with Crippen LogP contribution < -0.4 is 5.73 Å². The summed E-state index contributed by atoms with van der Waals surface area (Å²) in [6.45, 7) is 0. The van der Waals surface area contributed by atoms with E-state index in [9.17, 15) is 9.18 Å². The second-order valence-electron chi connectivity index (χ2n) is 3.57. The first-order chi connectivity index (χ1) is 8.47. The Morgan fingerprint density at radius 2 is 2.06 bits per heavy atom. The van der Waals surface area contributed by atoms with Gasteiger partial charge in [0.1, 0.15) is 11.6 Å². The summed E-state index contributed by atoms with van der Waals surface area (Å²) in [5.74, 6) is -0.881. The van der Waals surface area contributed by atoms with E-state index in [4.69, 9.17) is 17.3 Å². The van der Waals surface area contributed by atoms with Crippen LogP contribution in [0, 0.1) is 5.82 Å². The Labute approximate surface area is 116 Å². The third kappa shape index (κ3) is 2.68. The summed E-state index contributed by atoms with van der Waals surface area (Å²) in [5, 5.41) is 0.294. The highest BCUT2D eigenvalue weighted by Crippen LogP contribution is 2.21. The zero-order chi connectivity index (χ0) is 13.3. The number of carbonyl (C=O) groups excluding carboxylic acids is 1. The van der Waals surface area contributed by atoms with Crippen molar-refractivity contribution in [3.8, 4) is 0 Å². The van der Waals surface area contributed by atoms with Crippen LogP contribution in [0.15, 0.2) is 34.9 Å². The molecule has 0 fully saturated rings. The molecular weight excluding hydrogens is 322 g/mol. The first kappa shape index (κ1) is 13.0. The highest BCUT2D eigenvalue weighted by molar-refractivity contribution is 9.10. The Balaban J connectivity index is 2.51. The number of nitrogens with two attached hydrogens (primary N) is 1. The number of carbonyl (C=O) groups is 1. The smallest absolute Gasteiger partial charge is 0.196 e. The molecule has 2 N–H and O–H groups in total. The summed E-state index contributed by atoms with van der Waals surface area (Å²) in [5.41, 5.74) is 5.94. The van der Waals surface area contributed by atoms with Gasteiger partial charge in [0.2, 0.25) is 0 Å². The molecule has 3 nitrogen and oxygen atoms in total. The number of ketones is 1. The number of halogens is 3. The van der Waals surface area contributed by atoms with Crippen molar-refractivity contribution in [3.05, 3.63) is 56.9 Å². The number of hydrogen-bond donors (Lipinski definition) is 1. The normalized spacial score (nSPS) is 10.4. The van der Waals surface area contributed by atoms with E-state index in [1.807, 2.05) is 0 Å². The van der Waals surface area contributed by atoms with Gasteiger partial charge >= 0.3 is 0 Å². The van der Waals surface area contributed by atoms with E-state index in [0.717, 1.165) is 6.07 Å². The van der Waals surface area contributed by atoms with E-state index in [2.05, 4.69) is 20.9 Å². The summed E-state index contributed by atoms with van der Waals surface area (Å²) >= 11 is 8.88. The lowest BCUT2D eigenvalue weighted by Crippen LogP contribution is -2.07. The van der Waals surface area contributed by atoms with Gasteiger partial charge in [0.15, 0.2) is 5.78 Å². The lowest BCUT2D eigenvalue weighted by molar-refractivity contribution is 0.103. The van der Waals surface area contributed by atoms with Crippen LogP contribution in [0.2, 0.25) is 5.02 Å². The van der Waals surface area contributed by atoms with Crippen LogP contribution in [0.25, 0.3) is 0 Å². The Bertz CT molecular complexity index is 613. The maximum absolute atomic E-state index is 13.2. The molecule has 0 atom stereocenters. The minimum atomic E-state index is -0.513. The van der Waals surface area contributed by atoms with Crippen molar-refractivity contribution in [2.45, 2.75) is 0 Å². The van der Waals surface area contributed by atoms with Gasteiger partial charge in [0.25, 0.3) is 0 Å². The molecule has 0 aliphatic carbocycles. The molecule has 0 bridgehead atoms. The average molecular weight is 330 g/mol. The van der Waals surface area contributed by atoms with Crippen molar-refractivity contribution in [1.29, 1.82) is 0 Å². The number of nitrogens with zero attached hydrogens (tertiary/aromatic N) is 1. The Kier molecular flexibility index (Phi) is 3.63. The van der Waals surface area contributed by atoms with E-state index in [-0.39, 0.29) is 16.9 Å². The Morgan fingerprint density at radius 3 is 2.72 bits per heavy atom. The quantitative estimate of drug-likeness (QED) is 0.859. The van der Waals surface area contributed by atoms with Gasteiger partial charge in [-0.3, -0.25) is 4.79 Å². The van der Waals surface area contributed by atoms with Gasteiger partial charge in [-0.2, -0.15) is 0 Å². The van der Waals surface area contributed by atoms with Crippen LogP contribution >= 0.6 is 27.5 Å². The maximum Gasteiger partial charge on any atom is 0.196 e. The molecule has 18 heavy (non-hydrogen) atoms. The van der Waals surface area contributed by atoms with E-state index in [0.29, 0.717) is 9.50 Å². The minimum absolute atomic E-state index is 0.0600. The number of rotatable bonds is 2. The summed E-state index contributed by atoms with van der Waals surface area (Å²) in [4.78, 5) is 15.9. The Hall–Kier alpha value is -1.46. The van der Waals surface area contributed by atoms with Crippen molar-refractivity contribution >= 4 is 39.1 Å². The van der Waals surface area contributed by atoms with Gasteiger partial charge in [-0.1, -0.05) is 27.5 Å². The highest BCUT2D eigenvalue weighted by Gasteiger charge is 2.15. The van der Waals surface area contributed by atoms with Crippen molar-refractivity contribution in [1.82, 2.24) is 4.98 Å². The van der Waals surface area contributed by atoms with Gasteiger partial charge < -0.3 is 5.73 Å². The molecule has 0 unspecified atom stereocenters. The van der Waals surface area contributed by atoms with E-state index >= 15 is 0 Å². The van der Waals surface area contributed by atoms with Crippen molar-refractivity contribution < 1.29 is 9.18 Å². The van der Waals surface area contributed by atoms with Crippen LogP contribution in [0.3, 0.4) is 0 Å². The summed E-state index contributed by atoms with van der Waals surface area (Å²) in [6.07, 6.45) is 1.34. The second kappa shape index (κ2) is 5.04. The van der Waals surface area contributed by atoms with Gasteiger partial charge in [0.05, 0.1) is 10.6 Å². The molecule has 1 heterocycles. The fraction of sp³-hybridized carbons (Fsp3) is 0. The van der Waals surface area contributed by atoms with Crippen LogP contribution in [-0.2, 0) is 0 Å². The predicted molar refractivity (Wildman–Crippen MR) is 71.2 cm³/mol. The first-order valence-corrected chi connectivity index (χ1v) is 6.06. The zero-order valence-corrected chi connectivity index (χ0v) is 11.3. The van der Waals surface area contributed by atoms with Crippen molar-refractivity contribution in [3.63, 3.8) is 0 Å². The number of anilines is 1. The zero-order valence-electron chi connectivity index (χ0n) is 8.95. The number of aromatic nitrogens is 1. The van der Waals surface area contributed by atoms with Crippen LogP contribution in [-0.4, -0.2) is 10.8 Å². The number of pyridine rings is 1. The average Bonchev–Trinajstić information content (AvgIpc) is 2.30. The highest BCUT2D eigenvalue weighted by atomic mass is 79.9. The van der Waals surface area contributed by atoms with E-state index in [1.165, 1.54) is 24.4 Å². The molecule has 1 aromatic carbocycles. The van der Waals surface area contributed by atoms with E-state index in [1.54, 1.807) is 0 Å². The molecule has 0 amide bonds. The van der Waals surface area contributed by atoms with Gasteiger partial charge in [-0.25, -0.2) is 9.37 Å². The monoisotopic (exact) mass is 328 g/mol. The third-order valence-corrected chi connectivity index (χ3v) is 2.92. The third-order valence-electron chi connectivity index (χ3n) is 2.25. The van der Waals surface area contributed by atoms with Crippen LogP contribution in [0.4, 0.5) is 10.2 Å². The molecular formula is C12H7BrClFN2O. The molecule has 0 radical (unpaired) electrons. The standard InChI is InChI=1S/C12H7BrClFN2O/c13-7-1-6(2-9(15)3-7)11(18)10-4-8(14)5-17-12(10)16/h1-5H,(H2,16,17). The molecule has 6 heteroatoms. The van der Waals surface area contributed by atoms with Crippen molar-refractivity contribution in [2.24, 2.45) is 0 Å². The Morgan fingerprint density at radius 1 is 1.33 bits per heavy atom. The largest absolute Gasteiger partial charge is 0.383 e. The fourth-order valence-electron chi connectivity index (χ4n) is 1.47. The number of nitrogen functional groups attached to an aromatic ring is 1. The molecule has 0 saturated heterocycles. The molecule has 2 rings (SSSR count). The summed E-state index contributed by atoms with van der Waals surface area (Å²) in [6, 6.07) is 5.31. The molecule has 0 spiro atoms. The molecule has 0 aliphatic heterocycles. The van der Waals surface area contributed by atoms with Gasteiger partial charge in [0, 0.05) is 16.2 Å². The van der Waals surface area contributed by atoms with Crippen LogP contribution in [0.5, 0.6) is 0 Å². The lowest BCUT2D eigenvalue weighted by atomic mass is 10.0. The second-order valence-corrected chi connectivity index (χ2v) is 4.93. The number of benzene rings is 1. The number of hydrogen-bond acceptors (Lipinski definition) is 3. The maximum atomic E-state index is 13.2. The fourth-order valence-corrected chi connectivity index (χ4v) is 2.10. The van der Waals surface area contributed by atoms with Crippen LogP contribution in [0.1, 0.15) is 15.9 Å². The molecule has 92 valence electrons. The van der Waals surface area contributed by atoms with Crippen molar-refractivity contribution in [2.75, 3.05) is 5.73 Å². The molecule has 0 saturated carbocycles. The van der Waals surface area contributed by atoms with Gasteiger partial charge in [-0.05, 0) is 24.3 Å². The summed E-state index contributed by atoms with van der Waals surface area (Å²) < 4.78 is 13.7. The molecule has 0 aliphatic rings. The van der Waals surface area contributed by atoms with E-state index < -0.39 is 11.6 Å². The minimum Gasteiger partial charge on any atom is -0.383 e.